The molecule has 168 valence electrons. The molecular weight excluding hydrogens is 478 g/mol. The number of carbonyl (C=O) groups excluding carboxylic acids is 1. The Kier molecular flexibility index (Phi) is 7.38. The monoisotopic (exact) mass is 495 g/mol. The van der Waals surface area contributed by atoms with Crippen LogP contribution in [0, 0.1) is 10.1 Å². The van der Waals surface area contributed by atoms with Crippen molar-refractivity contribution in [3.63, 3.8) is 0 Å². The minimum absolute atomic E-state index is 0.0143. The summed E-state index contributed by atoms with van der Waals surface area (Å²) < 4.78 is 25.4. The van der Waals surface area contributed by atoms with Gasteiger partial charge in [0.25, 0.3) is 5.69 Å². The summed E-state index contributed by atoms with van der Waals surface area (Å²) in [5, 5.41) is 23.1. The third-order valence-electron chi connectivity index (χ3n) is 4.26. The molecule has 3 rings (SSSR count). The number of sulfonamides is 1. The predicted molar refractivity (Wildman–Crippen MR) is 124 cm³/mol. The van der Waals surface area contributed by atoms with Gasteiger partial charge in [-0.2, -0.15) is 0 Å². The Hall–Kier alpha value is -3.09. The summed E-state index contributed by atoms with van der Waals surface area (Å²) in [7, 11) is -3.70. The Balaban J connectivity index is 1.59. The summed E-state index contributed by atoms with van der Waals surface area (Å²) in [5.74, 6) is -0.351. The van der Waals surface area contributed by atoms with Crippen LogP contribution in [0.2, 0.25) is 5.02 Å². The third kappa shape index (κ3) is 6.22. The molecule has 1 heterocycles. The molecule has 0 saturated heterocycles. The fourth-order valence-corrected chi connectivity index (χ4v) is 4.64. The van der Waals surface area contributed by atoms with Gasteiger partial charge in [-0.15, -0.1) is 10.2 Å². The van der Waals surface area contributed by atoms with Crippen LogP contribution in [-0.2, 0) is 14.8 Å². The van der Waals surface area contributed by atoms with Gasteiger partial charge in [0.15, 0.2) is 0 Å². The van der Waals surface area contributed by atoms with Crippen LogP contribution in [0.15, 0.2) is 48.5 Å². The lowest BCUT2D eigenvalue weighted by Gasteiger charge is -2.22. The molecule has 32 heavy (non-hydrogen) atoms. The highest BCUT2D eigenvalue weighted by Gasteiger charge is 2.20. The zero-order chi connectivity index (χ0) is 23.3. The first-order valence-electron chi connectivity index (χ1n) is 9.25. The first-order chi connectivity index (χ1) is 15.1. The van der Waals surface area contributed by atoms with Crippen molar-refractivity contribution in [1.29, 1.82) is 0 Å². The summed E-state index contributed by atoms with van der Waals surface area (Å²) in [6.45, 7) is -0.0143. The molecule has 3 aromatic rings. The van der Waals surface area contributed by atoms with E-state index in [0.29, 0.717) is 15.2 Å². The summed E-state index contributed by atoms with van der Waals surface area (Å²) in [6.07, 6.45) is 1.23. The molecule has 0 bridgehead atoms. The lowest BCUT2D eigenvalue weighted by Crippen LogP contribution is -2.31. The summed E-state index contributed by atoms with van der Waals surface area (Å²) in [4.78, 5) is 22.6. The second-order valence-corrected chi connectivity index (χ2v) is 10.0. The molecule has 2 aromatic carbocycles. The summed E-state index contributed by atoms with van der Waals surface area (Å²) >= 11 is 7.07. The summed E-state index contributed by atoms with van der Waals surface area (Å²) in [5.41, 5.74) is 0.758. The van der Waals surface area contributed by atoms with E-state index in [1.165, 1.54) is 35.6 Å². The average Bonchev–Trinajstić information content (AvgIpc) is 3.19. The minimum atomic E-state index is -3.70. The normalized spacial score (nSPS) is 11.2. The van der Waals surface area contributed by atoms with E-state index in [1.807, 2.05) is 0 Å². The van der Waals surface area contributed by atoms with Crippen molar-refractivity contribution in [2.24, 2.45) is 0 Å². The van der Waals surface area contributed by atoms with E-state index >= 15 is 0 Å². The molecule has 0 atom stereocenters. The number of anilines is 2. The Morgan fingerprint density at radius 3 is 2.59 bits per heavy atom. The van der Waals surface area contributed by atoms with Crippen LogP contribution in [0.25, 0.3) is 10.6 Å². The average molecular weight is 496 g/mol. The van der Waals surface area contributed by atoms with Crippen molar-refractivity contribution < 1.29 is 18.1 Å². The third-order valence-corrected chi connectivity index (χ3v) is 6.59. The number of hydrogen-bond donors (Lipinski definition) is 1. The van der Waals surface area contributed by atoms with Crippen LogP contribution in [0.4, 0.5) is 16.5 Å². The Bertz CT molecular complexity index is 1230. The molecule has 0 fully saturated rings. The van der Waals surface area contributed by atoms with Crippen LogP contribution >= 0.6 is 22.9 Å². The molecule has 0 aliphatic heterocycles. The number of carbonyl (C=O) groups is 1. The number of amides is 1. The molecule has 13 heteroatoms. The number of nitrogens with zero attached hydrogens (tertiary/aromatic N) is 4. The van der Waals surface area contributed by atoms with Gasteiger partial charge in [-0.25, -0.2) is 8.42 Å². The van der Waals surface area contributed by atoms with E-state index in [0.717, 1.165) is 16.1 Å². The van der Waals surface area contributed by atoms with Crippen molar-refractivity contribution in [2.75, 3.05) is 22.4 Å². The van der Waals surface area contributed by atoms with Gasteiger partial charge < -0.3 is 5.32 Å². The molecule has 0 aliphatic carbocycles. The molecule has 0 aliphatic rings. The van der Waals surface area contributed by atoms with Gasteiger partial charge in [-0.05, 0) is 24.6 Å². The molecule has 1 amide bonds. The van der Waals surface area contributed by atoms with E-state index in [9.17, 15) is 23.3 Å². The maximum absolute atomic E-state index is 12.3. The Labute approximate surface area is 193 Å². The number of benzene rings is 2. The molecule has 10 nitrogen and oxygen atoms in total. The predicted octanol–water partition coefficient (Wildman–Crippen LogP) is 3.95. The fourth-order valence-electron chi connectivity index (χ4n) is 2.80. The zero-order valence-electron chi connectivity index (χ0n) is 16.8. The first kappa shape index (κ1) is 23.6. The van der Waals surface area contributed by atoms with Gasteiger partial charge in [0, 0.05) is 35.7 Å². The van der Waals surface area contributed by atoms with Crippen LogP contribution in [0.5, 0.6) is 0 Å². The number of rotatable bonds is 9. The highest BCUT2D eigenvalue weighted by Crippen LogP contribution is 2.27. The first-order valence-corrected chi connectivity index (χ1v) is 12.3. The molecule has 0 spiro atoms. The smallest absolute Gasteiger partial charge is 0.271 e. The van der Waals surface area contributed by atoms with Crippen LogP contribution < -0.4 is 9.62 Å². The van der Waals surface area contributed by atoms with Crippen molar-refractivity contribution in [3.8, 4) is 10.6 Å². The zero-order valence-corrected chi connectivity index (χ0v) is 19.2. The number of nitro benzene ring substituents is 1. The lowest BCUT2D eigenvalue weighted by molar-refractivity contribution is -0.384. The van der Waals surface area contributed by atoms with E-state index < -0.39 is 14.9 Å². The quantitative estimate of drug-likeness (QED) is 0.350. The van der Waals surface area contributed by atoms with E-state index in [4.69, 9.17) is 11.6 Å². The maximum atomic E-state index is 12.3. The van der Waals surface area contributed by atoms with Crippen molar-refractivity contribution in [3.05, 3.63) is 63.7 Å². The lowest BCUT2D eigenvalue weighted by atomic mass is 10.2. The van der Waals surface area contributed by atoms with Crippen molar-refractivity contribution in [2.45, 2.75) is 12.8 Å². The Morgan fingerprint density at radius 1 is 1.22 bits per heavy atom. The van der Waals surface area contributed by atoms with Crippen LogP contribution in [0.3, 0.4) is 0 Å². The number of nitrogens with one attached hydrogen (secondary N) is 1. The molecule has 0 radical (unpaired) electrons. The number of nitro groups is 1. The van der Waals surface area contributed by atoms with Gasteiger partial charge in [0.1, 0.15) is 5.01 Å². The fraction of sp³-hybridized carbons (Fsp3) is 0.211. The van der Waals surface area contributed by atoms with Crippen molar-refractivity contribution in [1.82, 2.24) is 10.2 Å². The van der Waals surface area contributed by atoms with Gasteiger partial charge in [0.2, 0.25) is 21.1 Å². The number of non-ortho nitro benzene ring substituents is 1. The number of aromatic nitrogens is 2. The topological polar surface area (TPSA) is 135 Å². The van der Waals surface area contributed by atoms with Crippen LogP contribution in [-0.4, -0.2) is 42.2 Å². The van der Waals surface area contributed by atoms with Gasteiger partial charge in [0.05, 0.1) is 16.9 Å². The summed E-state index contributed by atoms with van der Waals surface area (Å²) in [6, 6.07) is 12.4. The van der Waals surface area contributed by atoms with Gasteiger partial charge in [-0.3, -0.25) is 19.2 Å². The largest absolute Gasteiger partial charge is 0.301 e. The second-order valence-electron chi connectivity index (χ2n) is 6.68. The SMILES string of the molecule is CS(=O)(=O)N(CCCC(=O)Nc1nnc(-c2ccc(Cl)cc2)s1)c1cccc([N+](=O)[O-])c1. The molecular formula is C19H18ClN5O5S2. The highest BCUT2D eigenvalue weighted by molar-refractivity contribution is 7.92. The van der Waals surface area contributed by atoms with Gasteiger partial charge >= 0.3 is 0 Å². The molecule has 0 unspecified atom stereocenters. The van der Waals surface area contributed by atoms with E-state index in [1.54, 1.807) is 24.3 Å². The molecule has 0 saturated carbocycles. The minimum Gasteiger partial charge on any atom is -0.301 e. The van der Waals surface area contributed by atoms with E-state index in [2.05, 4.69) is 15.5 Å². The van der Waals surface area contributed by atoms with E-state index in [-0.39, 0.29) is 36.7 Å². The highest BCUT2D eigenvalue weighted by atomic mass is 35.5. The Morgan fingerprint density at radius 2 is 1.94 bits per heavy atom. The standard InChI is InChI=1S/C19H18ClN5O5S2/c1-32(29,30)24(15-4-2-5-16(12-15)25(27)28)11-3-6-17(26)21-19-23-22-18(31-19)13-7-9-14(20)10-8-13/h2,4-5,7-10,12H,3,6,11H2,1H3,(H,21,23,26). The van der Waals surface area contributed by atoms with Gasteiger partial charge in [-0.1, -0.05) is 41.1 Å². The second kappa shape index (κ2) is 10.0. The van der Waals surface area contributed by atoms with Crippen LogP contribution in [0.1, 0.15) is 12.8 Å². The maximum Gasteiger partial charge on any atom is 0.271 e. The molecule has 1 aromatic heterocycles. The number of hydrogen-bond acceptors (Lipinski definition) is 8. The molecule has 1 N–H and O–H groups in total. The van der Waals surface area contributed by atoms with Crippen molar-refractivity contribution >= 4 is 55.4 Å². The number of halogens is 1.